The summed E-state index contributed by atoms with van der Waals surface area (Å²) in [5, 5.41) is 17.6. The van der Waals surface area contributed by atoms with Crippen molar-refractivity contribution in [1.82, 2.24) is 0 Å². The third-order valence-corrected chi connectivity index (χ3v) is 2.51. The largest absolute Gasteiger partial charge is 0.475 e. The van der Waals surface area contributed by atoms with Gasteiger partial charge in [0.15, 0.2) is 0 Å². The van der Waals surface area contributed by atoms with Crippen molar-refractivity contribution in [3.63, 3.8) is 0 Å². The lowest BCUT2D eigenvalue weighted by atomic mass is 10.1. The van der Waals surface area contributed by atoms with Gasteiger partial charge in [-0.3, -0.25) is 0 Å². The van der Waals surface area contributed by atoms with E-state index in [4.69, 9.17) is 14.6 Å². The van der Waals surface area contributed by atoms with Gasteiger partial charge < -0.3 is 14.6 Å². The van der Waals surface area contributed by atoms with E-state index in [1.54, 1.807) is 0 Å². The standard InChI is InChI=1S/C12H16O5/c1-2-3-4-5-6-8-7-9(11(13)14)17-10(8)12(15)16/h7H,2-6H2,1H3,(H,13,14)(H,15,16). The molecule has 0 bridgehead atoms. The summed E-state index contributed by atoms with van der Waals surface area (Å²) >= 11 is 0. The highest BCUT2D eigenvalue weighted by atomic mass is 16.4. The molecule has 1 aromatic rings. The number of rotatable bonds is 7. The van der Waals surface area contributed by atoms with Crippen molar-refractivity contribution in [2.45, 2.75) is 39.0 Å². The first-order valence-electron chi connectivity index (χ1n) is 5.65. The lowest BCUT2D eigenvalue weighted by Crippen LogP contribution is -1.98. The van der Waals surface area contributed by atoms with Crippen molar-refractivity contribution in [1.29, 1.82) is 0 Å². The highest BCUT2D eigenvalue weighted by molar-refractivity contribution is 5.90. The first-order chi connectivity index (χ1) is 8.06. The Balaban J connectivity index is 2.74. The second-order valence-electron chi connectivity index (χ2n) is 3.89. The number of carbonyl (C=O) groups is 2. The van der Waals surface area contributed by atoms with Crippen molar-refractivity contribution >= 4 is 11.9 Å². The molecule has 0 aliphatic rings. The van der Waals surface area contributed by atoms with Crippen LogP contribution in [0.5, 0.6) is 0 Å². The van der Waals surface area contributed by atoms with Gasteiger partial charge in [-0.15, -0.1) is 0 Å². The fraction of sp³-hybridized carbons (Fsp3) is 0.500. The number of unbranched alkanes of at least 4 members (excludes halogenated alkanes) is 3. The summed E-state index contributed by atoms with van der Waals surface area (Å²) in [6, 6.07) is 1.30. The summed E-state index contributed by atoms with van der Waals surface area (Å²) in [6.07, 6.45) is 4.57. The van der Waals surface area contributed by atoms with Gasteiger partial charge in [-0.05, 0) is 18.9 Å². The monoisotopic (exact) mass is 240 g/mol. The molecule has 5 nitrogen and oxygen atoms in total. The molecule has 0 atom stereocenters. The van der Waals surface area contributed by atoms with E-state index in [1.807, 2.05) is 0 Å². The van der Waals surface area contributed by atoms with Crippen LogP contribution in [-0.4, -0.2) is 22.2 Å². The predicted octanol–water partition coefficient (Wildman–Crippen LogP) is 2.80. The second kappa shape index (κ2) is 6.08. The van der Waals surface area contributed by atoms with Gasteiger partial charge in [0.1, 0.15) is 0 Å². The molecule has 0 aromatic carbocycles. The summed E-state index contributed by atoms with van der Waals surface area (Å²) in [5.74, 6) is -3.03. The average Bonchev–Trinajstić information content (AvgIpc) is 2.68. The molecule has 0 saturated carbocycles. The molecule has 0 spiro atoms. The zero-order chi connectivity index (χ0) is 12.8. The Kier molecular flexibility index (Phi) is 4.75. The Hall–Kier alpha value is -1.78. The van der Waals surface area contributed by atoms with Crippen LogP contribution in [-0.2, 0) is 6.42 Å². The molecule has 1 heterocycles. The Morgan fingerprint density at radius 2 is 1.88 bits per heavy atom. The van der Waals surface area contributed by atoms with Gasteiger partial charge in [0.2, 0.25) is 11.5 Å². The van der Waals surface area contributed by atoms with Crippen LogP contribution in [0.3, 0.4) is 0 Å². The molecule has 0 fully saturated rings. The van der Waals surface area contributed by atoms with Crippen LogP contribution in [0.1, 0.15) is 59.3 Å². The van der Waals surface area contributed by atoms with Crippen LogP contribution in [0.2, 0.25) is 0 Å². The van der Waals surface area contributed by atoms with Crippen LogP contribution < -0.4 is 0 Å². The molecule has 94 valence electrons. The van der Waals surface area contributed by atoms with Crippen molar-refractivity contribution in [3.8, 4) is 0 Å². The van der Waals surface area contributed by atoms with E-state index in [2.05, 4.69) is 6.92 Å². The van der Waals surface area contributed by atoms with Crippen LogP contribution in [0.25, 0.3) is 0 Å². The minimum atomic E-state index is -1.24. The van der Waals surface area contributed by atoms with E-state index in [0.29, 0.717) is 12.0 Å². The van der Waals surface area contributed by atoms with E-state index >= 15 is 0 Å². The van der Waals surface area contributed by atoms with E-state index in [0.717, 1.165) is 25.7 Å². The maximum atomic E-state index is 10.9. The minimum Gasteiger partial charge on any atom is -0.475 e. The molecular weight excluding hydrogens is 224 g/mol. The quantitative estimate of drug-likeness (QED) is 0.715. The number of aryl methyl sites for hydroxylation is 1. The van der Waals surface area contributed by atoms with Crippen LogP contribution in [0.15, 0.2) is 10.5 Å². The minimum absolute atomic E-state index is 0.251. The molecule has 1 rings (SSSR count). The highest BCUT2D eigenvalue weighted by Gasteiger charge is 2.20. The normalized spacial score (nSPS) is 10.4. The number of hydrogen-bond donors (Lipinski definition) is 2. The third-order valence-electron chi connectivity index (χ3n) is 2.51. The molecular formula is C12H16O5. The highest BCUT2D eigenvalue weighted by Crippen LogP contribution is 2.18. The topological polar surface area (TPSA) is 87.7 Å². The molecule has 0 saturated heterocycles. The molecule has 17 heavy (non-hydrogen) atoms. The number of carboxylic acid groups (broad SMARTS) is 2. The maximum absolute atomic E-state index is 10.9. The molecule has 0 unspecified atom stereocenters. The summed E-state index contributed by atoms with van der Waals surface area (Å²) in [4.78, 5) is 21.5. The molecule has 0 aliphatic heterocycles. The summed E-state index contributed by atoms with van der Waals surface area (Å²) in [6.45, 7) is 2.09. The van der Waals surface area contributed by atoms with Crippen molar-refractivity contribution in [3.05, 3.63) is 23.2 Å². The molecule has 0 radical (unpaired) electrons. The first-order valence-corrected chi connectivity index (χ1v) is 5.65. The molecule has 0 aliphatic carbocycles. The van der Waals surface area contributed by atoms with Crippen molar-refractivity contribution in [2.75, 3.05) is 0 Å². The summed E-state index contributed by atoms with van der Waals surface area (Å²) in [5.41, 5.74) is 0.464. The molecule has 1 aromatic heterocycles. The Labute approximate surface area is 99.1 Å². The van der Waals surface area contributed by atoms with Gasteiger partial charge in [0.05, 0.1) is 0 Å². The van der Waals surface area contributed by atoms with Crippen molar-refractivity contribution < 1.29 is 24.2 Å². The van der Waals surface area contributed by atoms with E-state index in [1.165, 1.54) is 6.07 Å². The van der Waals surface area contributed by atoms with Crippen LogP contribution >= 0.6 is 0 Å². The van der Waals surface area contributed by atoms with E-state index < -0.39 is 11.9 Å². The summed E-state index contributed by atoms with van der Waals surface area (Å²) < 4.78 is 4.80. The fourth-order valence-corrected chi connectivity index (χ4v) is 1.64. The zero-order valence-corrected chi connectivity index (χ0v) is 9.73. The van der Waals surface area contributed by atoms with Gasteiger partial charge in [-0.25, -0.2) is 9.59 Å². The Bertz CT molecular complexity index is 405. The number of carboxylic acids is 2. The third kappa shape index (κ3) is 3.62. The van der Waals surface area contributed by atoms with Gasteiger partial charge in [-0.1, -0.05) is 26.2 Å². The van der Waals surface area contributed by atoms with Gasteiger partial charge in [0, 0.05) is 5.56 Å². The number of furan rings is 1. The van der Waals surface area contributed by atoms with E-state index in [-0.39, 0.29) is 11.5 Å². The molecule has 5 heteroatoms. The van der Waals surface area contributed by atoms with Gasteiger partial charge >= 0.3 is 11.9 Å². The van der Waals surface area contributed by atoms with Crippen LogP contribution in [0, 0.1) is 0 Å². The van der Waals surface area contributed by atoms with Crippen LogP contribution in [0.4, 0.5) is 0 Å². The molecule has 2 N–H and O–H groups in total. The second-order valence-corrected chi connectivity index (χ2v) is 3.89. The molecule has 0 amide bonds. The van der Waals surface area contributed by atoms with Gasteiger partial charge in [-0.2, -0.15) is 0 Å². The predicted molar refractivity (Wildman–Crippen MR) is 60.5 cm³/mol. The zero-order valence-electron chi connectivity index (χ0n) is 9.73. The Morgan fingerprint density at radius 3 is 2.41 bits per heavy atom. The van der Waals surface area contributed by atoms with E-state index in [9.17, 15) is 9.59 Å². The lowest BCUT2D eigenvalue weighted by molar-refractivity contribution is 0.0631. The lowest BCUT2D eigenvalue weighted by Gasteiger charge is -1.98. The average molecular weight is 240 g/mol. The Morgan fingerprint density at radius 1 is 1.18 bits per heavy atom. The maximum Gasteiger partial charge on any atom is 0.372 e. The SMILES string of the molecule is CCCCCCc1cc(C(=O)O)oc1C(=O)O. The van der Waals surface area contributed by atoms with Crippen molar-refractivity contribution in [2.24, 2.45) is 0 Å². The summed E-state index contributed by atoms with van der Waals surface area (Å²) in [7, 11) is 0. The first kappa shape index (κ1) is 13.3. The smallest absolute Gasteiger partial charge is 0.372 e. The number of aromatic carboxylic acids is 2. The number of hydrogen-bond acceptors (Lipinski definition) is 3. The fourth-order valence-electron chi connectivity index (χ4n) is 1.64. The van der Waals surface area contributed by atoms with Gasteiger partial charge in [0.25, 0.3) is 0 Å².